The summed E-state index contributed by atoms with van der Waals surface area (Å²) in [6.45, 7) is 1.98. The molecule has 3 heteroatoms. The van der Waals surface area contributed by atoms with Crippen molar-refractivity contribution in [2.45, 2.75) is 26.2 Å². The Hall–Kier alpha value is -0.0105. The molecule has 0 aliphatic carbocycles. The number of aliphatic carboxylic acids is 1. The van der Waals surface area contributed by atoms with Crippen LogP contribution >= 0.6 is 0 Å². The van der Waals surface area contributed by atoms with Crippen LogP contribution in [0.15, 0.2) is 0 Å². The summed E-state index contributed by atoms with van der Waals surface area (Å²) in [5.41, 5.74) is 0. The Morgan fingerprint density at radius 2 is 2.12 bits per heavy atom. The van der Waals surface area contributed by atoms with Gasteiger partial charge in [-0.25, -0.2) is 0 Å². The van der Waals surface area contributed by atoms with Crippen molar-refractivity contribution in [3.05, 3.63) is 0 Å². The summed E-state index contributed by atoms with van der Waals surface area (Å²) in [5, 5.41) is 8.04. The van der Waals surface area contributed by atoms with Gasteiger partial charge in [-0.1, -0.05) is 13.3 Å². The largest absolute Gasteiger partial charge is 0.481 e. The first kappa shape index (κ1) is 10.9. The van der Waals surface area contributed by atoms with Crippen molar-refractivity contribution in [1.82, 2.24) is 0 Å². The van der Waals surface area contributed by atoms with E-state index in [2.05, 4.69) is 0 Å². The molecule has 0 aliphatic heterocycles. The number of hydrogen-bond acceptors (Lipinski definition) is 1. The average molecular weight is 158 g/mol. The van der Waals surface area contributed by atoms with Gasteiger partial charge in [-0.15, -0.1) is 0 Å². The Morgan fingerprint density at radius 3 is 2.25 bits per heavy atom. The monoisotopic (exact) mass is 158 g/mol. The van der Waals surface area contributed by atoms with E-state index >= 15 is 0 Å². The Morgan fingerprint density at radius 1 is 1.62 bits per heavy atom. The third-order valence-corrected chi connectivity index (χ3v) is 0.744. The fraction of sp³-hybridized carbons (Fsp3) is 0.800. The molecule has 0 saturated heterocycles. The van der Waals surface area contributed by atoms with Crippen molar-refractivity contribution in [3.8, 4) is 0 Å². The molecule has 0 aromatic heterocycles. The second-order valence-corrected chi connectivity index (χ2v) is 1.50. The van der Waals surface area contributed by atoms with Crippen LogP contribution in [0.25, 0.3) is 0 Å². The van der Waals surface area contributed by atoms with Crippen LogP contribution in [0.3, 0.4) is 0 Å². The summed E-state index contributed by atoms with van der Waals surface area (Å²) in [6.07, 6.45) is 2.08. The third kappa shape index (κ3) is 9.37. The molecular weight excluding hydrogens is 148 g/mol. The molecule has 0 aliphatic rings. The summed E-state index contributed by atoms with van der Waals surface area (Å²) in [6, 6.07) is 0. The van der Waals surface area contributed by atoms with Crippen LogP contribution in [0.1, 0.15) is 26.2 Å². The zero-order chi connectivity index (χ0) is 5.70. The Kier molecular flexibility index (Phi) is 9.51. The molecule has 0 saturated carbocycles. The van der Waals surface area contributed by atoms with Gasteiger partial charge >= 0.3 is 5.97 Å². The predicted molar refractivity (Wildman–Crippen MR) is 27.2 cm³/mol. The second-order valence-electron chi connectivity index (χ2n) is 1.50. The van der Waals surface area contributed by atoms with Crippen molar-refractivity contribution in [1.29, 1.82) is 0 Å². The normalized spacial score (nSPS) is 7.62. The summed E-state index contributed by atoms with van der Waals surface area (Å²) >= 11 is 0. The number of rotatable bonds is 3. The topological polar surface area (TPSA) is 37.3 Å². The predicted octanol–water partition coefficient (Wildman–Crippen LogP) is 1.26. The molecule has 8 heavy (non-hydrogen) atoms. The molecule has 0 unspecified atom stereocenters. The van der Waals surface area contributed by atoms with Gasteiger partial charge in [0, 0.05) is 23.5 Å². The van der Waals surface area contributed by atoms with Gasteiger partial charge in [0.15, 0.2) is 0 Å². The van der Waals surface area contributed by atoms with Crippen molar-refractivity contribution < 1.29 is 27.0 Å². The number of carbonyl (C=O) groups is 1. The van der Waals surface area contributed by atoms with Crippen molar-refractivity contribution >= 4 is 5.97 Å². The number of carboxylic acids is 1. The number of unbranched alkanes of at least 4 members (excludes halogenated alkanes) is 1. The van der Waals surface area contributed by atoms with Gasteiger partial charge in [-0.3, -0.25) is 4.79 Å². The maximum absolute atomic E-state index is 9.76. The molecule has 2 nitrogen and oxygen atoms in total. The molecule has 50 valence electrons. The second kappa shape index (κ2) is 6.99. The first-order chi connectivity index (χ1) is 3.27. The van der Waals surface area contributed by atoms with Crippen molar-refractivity contribution in [3.63, 3.8) is 0 Å². The quantitative estimate of drug-likeness (QED) is 0.627. The van der Waals surface area contributed by atoms with Gasteiger partial charge in [0.1, 0.15) is 0 Å². The molecule has 0 aromatic carbocycles. The van der Waals surface area contributed by atoms with Crippen LogP contribution in [0.4, 0.5) is 0 Å². The van der Waals surface area contributed by atoms with Gasteiger partial charge in [0.05, 0.1) is 0 Å². The van der Waals surface area contributed by atoms with E-state index in [1.54, 1.807) is 0 Å². The summed E-state index contributed by atoms with van der Waals surface area (Å²) in [7, 11) is 0. The van der Waals surface area contributed by atoms with Crippen LogP contribution in [0.2, 0.25) is 0 Å². The van der Waals surface area contributed by atoms with Gasteiger partial charge < -0.3 is 5.11 Å². The van der Waals surface area contributed by atoms with E-state index < -0.39 is 5.97 Å². The molecule has 0 heterocycles. The molecule has 1 N–H and O–H groups in total. The molecule has 0 aromatic rings. The van der Waals surface area contributed by atoms with E-state index in [4.69, 9.17) is 5.11 Å². The van der Waals surface area contributed by atoms with Crippen molar-refractivity contribution in [2.75, 3.05) is 0 Å². The molecule has 0 fully saturated rings. The minimum absolute atomic E-state index is 0. The van der Waals surface area contributed by atoms with Gasteiger partial charge in [-0.05, 0) is 6.42 Å². The van der Waals surface area contributed by atoms with E-state index in [1.807, 2.05) is 6.92 Å². The summed E-state index contributed by atoms with van der Waals surface area (Å²) < 4.78 is 0. The number of carboxylic acid groups (broad SMARTS) is 1. The maximum Gasteiger partial charge on any atom is 0.303 e. The smallest absolute Gasteiger partial charge is 0.303 e. The molecule has 0 spiro atoms. The zero-order valence-corrected chi connectivity index (χ0v) is 5.93. The Bertz CT molecular complexity index is 63.4. The summed E-state index contributed by atoms with van der Waals surface area (Å²) in [4.78, 5) is 9.76. The van der Waals surface area contributed by atoms with Crippen molar-refractivity contribution in [2.24, 2.45) is 0 Å². The fourth-order valence-electron chi connectivity index (χ4n) is 0.328. The molecule has 0 atom stereocenters. The standard InChI is InChI=1S/C5H10O2.Fe/c1-2-3-4-5(6)7;/h2-4H2,1H3,(H,6,7);. The maximum atomic E-state index is 9.76. The Labute approximate surface area is 59.8 Å². The fourth-order valence-corrected chi connectivity index (χ4v) is 0.328. The van der Waals surface area contributed by atoms with Crippen LogP contribution in [-0.4, -0.2) is 11.1 Å². The first-order valence-electron chi connectivity index (χ1n) is 2.49. The minimum Gasteiger partial charge on any atom is -0.481 e. The van der Waals surface area contributed by atoms with E-state index in [1.165, 1.54) is 0 Å². The van der Waals surface area contributed by atoms with E-state index in [0.29, 0.717) is 6.42 Å². The molecule has 0 radical (unpaired) electrons. The molecular formula is C5H10FeO2. The van der Waals surface area contributed by atoms with Crippen LogP contribution in [0, 0.1) is 0 Å². The average Bonchev–Trinajstić information content (AvgIpc) is 1.61. The SMILES string of the molecule is CCCCC(=O)O.[Fe]. The zero-order valence-electron chi connectivity index (χ0n) is 4.83. The third-order valence-electron chi connectivity index (χ3n) is 0.744. The van der Waals surface area contributed by atoms with E-state index in [-0.39, 0.29) is 17.1 Å². The van der Waals surface area contributed by atoms with E-state index in [9.17, 15) is 4.79 Å². The van der Waals surface area contributed by atoms with E-state index in [0.717, 1.165) is 12.8 Å². The molecule has 0 bridgehead atoms. The van der Waals surface area contributed by atoms with Crippen LogP contribution in [0.5, 0.6) is 0 Å². The Balaban J connectivity index is 0. The van der Waals surface area contributed by atoms with Crippen LogP contribution < -0.4 is 0 Å². The van der Waals surface area contributed by atoms with Crippen LogP contribution in [-0.2, 0) is 21.9 Å². The summed E-state index contributed by atoms with van der Waals surface area (Å²) in [5.74, 6) is -0.693. The van der Waals surface area contributed by atoms with Gasteiger partial charge in [0.25, 0.3) is 0 Å². The molecule has 0 rings (SSSR count). The first-order valence-corrected chi connectivity index (χ1v) is 2.49. The van der Waals surface area contributed by atoms with Gasteiger partial charge in [0.2, 0.25) is 0 Å². The van der Waals surface area contributed by atoms with Gasteiger partial charge in [-0.2, -0.15) is 0 Å². The number of hydrogen-bond donors (Lipinski definition) is 1. The molecule has 0 amide bonds. The minimum atomic E-state index is -0.693.